The number of hydrogen-bond acceptors (Lipinski definition) is 5. The molecule has 2 aromatic heterocycles. The number of nitrogens with one attached hydrogen (secondary N) is 2. The average Bonchev–Trinajstić information content (AvgIpc) is 3.39. The summed E-state index contributed by atoms with van der Waals surface area (Å²) in [6, 6.07) is 8.67. The summed E-state index contributed by atoms with van der Waals surface area (Å²) in [6.45, 7) is -0.493. The van der Waals surface area contributed by atoms with Gasteiger partial charge in [0.1, 0.15) is 5.76 Å². The second-order valence-corrected chi connectivity index (χ2v) is 6.03. The fourth-order valence-electron chi connectivity index (χ4n) is 2.65. The minimum atomic E-state index is -4.71. The third kappa shape index (κ3) is 4.32. The van der Waals surface area contributed by atoms with Gasteiger partial charge < -0.3 is 24.6 Å². The first kappa shape index (κ1) is 20.2. The monoisotopic (exact) mass is 408 g/mol. The number of furan rings is 2. The van der Waals surface area contributed by atoms with Crippen LogP contribution in [0.3, 0.4) is 0 Å². The lowest BCUT2D eigenvalue weighted by Crippen LogP contribution is -2.45. The number of anilines is 1. The van der Waals surface area contributed by atoms with Crippen molar-refractivity contribution in [1.29, 1.82) is 0 Å². The lowest BCUT2D eigenvalue weighted by atomic mass is 9.93. The highest BCUT2D eigenvalue weighted by atomic mass is 19.4. The van der Waals surface area contributed by atoms with Gasteiger partial charge >= 0.3 is 18.0 Å². The third-order valence-corrected chi connectivity index (χ3v) is 4.12. The van der Waals surface area contributed by atoms with Crippen LogP contribution >= 0.6 is 0 Å². The number of carbonyl (C=O) groups is 2. The van der Waals surface area contributed by atoms with E-state index in [4.69, 9.17) is 8.83 Å². The number of rotatable bonds is 5. The van der Waals surface area contributed by atoms with E-state index in [2.05, 4.69) is 5.32 Å². The molecule has 0 spiro atoms. The van der Waals surface area contributed by atoms with Crippen molar-refractivity contribution in [2.45, 2.75) is 11.8 Å². The van der Waals surface area contributed by atoms with Crippen LogP contribution in [0.25, 0.3) is 0 Å². The topological polar surface area (TPSA) is 105 Å². The maximum atomic E-state index is 13.0. The number of para-hydroxylation sites is 1. The zero-order valence-electron chi connectivity index (χ0n) is 14.7. The molecule has 3 aromatic rings. The first-order valence-corrected chi connectivity index (χ1v) is 8.26. The molecule has 7 nitrogen and oxygen atoms in total. The average molecular weight is 408 g/mol. The molecule has 2 heterocycles. The first-order valence-electron chi connectivity index (χ1n) is 8.26. The summed E-state index contributed by atoms with van der Waals surface area (Å²) in [5.41, 5.74) is -3.26. The zero-order valence-corrected chi connectivity index (χ0v) is 14.7. The number of alkyl halides is 3. The van der Waals surface area contributed by atoms with Crippen molar-refractivity contribution in [2.75, 3.05) is 11.9 Å². The molecule has 0 fully saturated rings. The van der Waals surface area contributed by atoms with Crippen LogP contribution < -0.4 is 10.6 Å². The molecular weight excluding hydrogens is 393 g/mol. The van der Waals surface area contributed by atoms with Gasteiger partial charge in [-0.2, -0.15) is 13.2 Å². The Balaban J connectivity index is 1.73. The molecule has 152 valence electrons. The van der Waals surface area contributed by atoms with E-state index in [9.17, 15) is 27.9 Å². The minimum Gasteiger partial charge on any atom is -0.472 e. The number of aliphatic hydroxyl groups is 1. The Hall–Kier alpha value is -3.53. The number of hydrogen-bond donors (Lipinski definition) is 3. The summed E-state index contributed by atoms with van der Waals surface area (Å²) >= 11 is 0. The highest BCUT2D eigenvalue weighted by Crippen LogP contribution is 2.34. The molecule has 0 aliphatic rings. The predicted molar refractivity (Wildman–Crippen MR) is 93.5 cm³/mol. The lowest BCUT2D eigenvalue weighted by molar-refractivity contribution is -0.138. The van der Waals surface area contributed by atoms with Crippen LogP contribution in [0.4, 0.5) is 18.9 Å². The van der Waals surface area contributed by atoms with Gasteiger partial charge in [-0.3, -0.25) is 9.59 Å². The lowest BCUT2D eigenvalue weighted by Gasteiger charge is -2.25. The SMILES string of the molecule is O=C(NCC(O)(c1ccoc1)c1ccco1)C(=O)Nc1ccccc1C(F)(F)F. The minimum absolute atomic E-state index is 0.0713. The highest BCUT2D eigenvalue weighted by Gasteiger charge is 2.37. The van der Waals surface area contributed by atoms with E-state index in [1.807, 2.05) is 5.32 Å². The first-order chi connectivity index (χ1) is 13.7. The maximum absolute atomic E-state index is 13.0. The molecular formula is C19H15F3N2O5. The van der Waals surface area contributed by atoms with Crippen LogP contribution in [0, 0.1) is 0 Å². The van der Waals surface area contributed by atoms with Crippen molar-refractivity contribution in [2.24, 2.45) is 0 Å². The summed E-state index contributed by atoms with van der Waals surface area (Å²) in [5.74, 6) is -2.49. The number of amides is 2. The van der Waals surface area contributed by atoms with Crippen molar-refractivity contribution in [3.63, 3.8) is 0 Å². The molecule has 1 unspecified atom stereocenters. The Morgan fingerprint density at radius 1 is 1.00 bits per heavy atom. The highest BCUT2D eigenvalue weighted by molar-refractivity contribution is 6.39. The van der Waals surface area contributed by atoms with Crippen LogP contribution in [-0.2, 0) is 21.4 Å². The van der Waals surface area contributed by atoms with Gasteiger partial charge in [-0.25, -0.2) is 0 Å². The number of halogens is 3. The molecule has 0 aliphatic carbocycles. The van der Waals surface area contributed by atoms with Crippen LogP contribution in [0.2, 0.25) is 0 Å². The predicted octanol–water partition coefficient (Wildman–Crippen LogP) is 2.88. The Morgan fingerprint density at radius 2 is 1.76 bits per heavy atom. The van der Waals surface area contributed by atoms with Gasteiger partial charge in [0.15, 0.2) is 5.60 Å². The van der Waals surface area contributed by atoms with Crippen molar-refractivity contribution >= 4 is 17.5 Å². The molecule has 0 saturated carbocycles. The van der Waals surface area contributed by atoms with Crippen LogP contribution in [0.1, 0.15) is 16.9 Å². The van der Waals surface area contributed by atoms with Crippen LogP contribution in [0.15, 0.2) is 70.1 Å². The molecule has 0 radical (unpaired) electrons. The Morgan fingerprint density at radius 3 is 2.38 bits per heavy atom. The third-order valence-electron chi connectivity index (χ3n) is 4.12. The fourth-order valence-corrected chi connectivity index (χ4v) is 2.65. The van der Waals surface area contributed by atoms with E-state index in [-0.39, 0.29) is 11.3 Å². The van der Waals surface area contributed by atoms with E-state index < -0.39 is 41.4 Å². The molecule has 29 heavy (non-hydrogen) atoms. The largest absolute Gasteiger partial charge is 0.472 e. The van der Waals surface area contributed by atoms with Crippen molar-refractivity contribution in [3.05, 3.63) is 78.1 Å². The van der Waals surface area contributed by atoms with Gasteiger partial charge in [0, 0.05) is 5.56 Å². The quantitative estimate of drug-likeness (QED) is 0.563. The fraction of sp³-hybridized carbons (Fsp3) is 0.158. The molecule has 2 amide bonds. The van der Waals surface area contributed by atoms with E-state index in [1.54, 1.807) is 0 Å². The zero-order chi connectivity index (χ0) is 21.1. The summed E-state index contributed by atoms with van der Waals surface area (Å²) < 4.78 is 49.2. The number of carbonyl (C=O) groups excluding carboxylic acids is 2. The summed E-state index contributed by atoms with van der Waals surface area (Å²) in [7, 11) is 0. The standard InChI is InChI=1S/C19H15F3N2O5/c20-19(21,22)13-4-1-2-5-14(13)24-17(26)16(25)23-11-18(27,12-7-9-28-10-12)15-6-3-8-29-15/h1-10,27H,11H2,(H,23,25)(H,24,26). The van der Waals surface area contributed by atoms with Gasteiger partial charge in [0.2, 0.25) is 0 Å². The molecule has 10 heteroatoms. The van der Waals surface area contributed by atoms with E-state index in [0.717, 1.165) is 18.2 Å². The Bertz CT molecular complexity index is 947. The van der Waals surface area contributed by atoms with Gasteiger partial charge in [0.05, 0.1) is 36.6 Å². The normalized spacial score (nSPS) is 13.5. The summed E-state index contributed by atoms with van der Waals surface area (Å²) in [4.78, 5) is 24.2. The van der Waals surface area contributed by atoms with Crippen LogP contribution in [0.5, 0.6) is 0 Å². The van der Waals surface area contributed by atoms with Gasteiger partial charge in [-0.05, 0) is 30.3 Å². The molecule has 1 atom stereocenters. The van der Waals surface area contributed by atoms with Crippen molar-refractivity contribution in [3.8, 4) is 0 Å². The van der Waals surface area contributed by atoms with E-state index in [1.165, 1.54) is 43.1 Å². The van der Waals surface area contributed by atoms with E-state index in [0.29, 0.717) is 0 Å². The summed E-state index contributed by atoms with van der Waals surface area (Å²) in [6.07, 6.45) is -0.871. The van der Waals surface area contributed by atoms with E-state index >= 15 is 0 Å². The number of benzene rings is 1. The van der Waals surface area contributed by atoms with Crippen LogP contribution in [-0.4, -0.2) is 23.5 Å². The Labute approximate surface area is 162 Å². The molecule has 0 aliphatic heterocycles. The molecule has 0 bridgehead atoms. The molecule has 3 N–H and O–H groups in total. The molecule has 1 aromatic carbocycles. The molecule has 0 saturated heterocycles. The van der Waals surface area contributed by atoms with Gasteiger partial charge in [0.25, 0.3) is 0 Å². The van der Waals surface area contributed by atoms with Crippen molar-refractivity contribution in [1.82, 2.24) is 5.32 Å². The maximum Gasteiger partial charge on any atom is 0.418 e. The summed E-state index contributed by atoms with van der Waals surface area (Å²) in [5, 5.41) is 15.1. The van der Waals surface area contributed by atoms with Gasteiger partial charge in [-0.1, -0.05) is 12.1 Å². The van der Waals surface area contributed by atoms with Gasteiger partial charge in [-0.15, -0.1) is 0 Å². The van der Waals surface area contributed by atoms with Crippen molar-refractivity contribution < 1.29 is 36.7 Å². The molecule has 3 rings (SSSR count). The smallest absolute Gasteiger partial charge is 0.418 e. The second-order valence-electron chi connectivity index (χ2n) is 6.03. The Kier molecular flexibility index (Phi) is 5.46. The second kappa shape index (κ2) is 7.84.